The van der Waals surface area contributed by atoms with Gasteiger partial charge in [-0.3, -0.25) is 0 Å². The van der Waals surface area contributed by atoms with Gasteiger partial charge in [-0.2, -0.15) is 0 Å². The predicted molar refractivity (Wildman–Crippen MR) is 62.9 cm³/mol. The molecule has 0 bridgehead atoms. The summed E-state index contributed by atoms with van der Waals surface area (Å²) in [6.07, 6.45) is 3.39. The summed E-state index contributed by atoms with van der Waals surface area (Å²) in [5.41, 5.74) is 5.41. The van der Waals surface area contributed by atoms with Crippen molar-refractivity contribution in [2.75, 3.05) is 20.3 Å². The fourth-order valence-corrected chi connectivity index (χ4v) is 2.62. The van der Waals surface area contributed by atoms with Gasteiger partial charge in [-0.1, -0.05) is 0 Å². The lowest BCUT2D eigenvalue weighted by Crippen LogP contribution is -2.39. The molecule has 0 aliphatic heterocycles. The molecule has 0 saturated heterocycles. The molecule has 0 fully saturated rings. The summed E-state index contributed by atoms with van der Waals surface area (Å²) in [5.74, 6) is 0. The van der Waals surface area contributed by atoms with Crippen molar-refractivity contribution in [3.63, 3.8) is 0 Å². The molecule has 0 spiro atoms. The van der Waals surface area contributed by atoms with E-state index in [0.717, 1.165) is 0 Å². The summed E-state index contributed by atoms with van der Waals surface area (Å²) >= 11 is 0. The van der Waals surface area contributed by atoms with Crippen molar-refractivity contribution in [2.24, 2.45) is 12.8 Å². The number of nitrogens with two attached hydrogens (primary N) is 1. The highest BCUT2D eigenvalue weighted by Gasteiger charge is 2.21. The zero-order valence-electron chi connectivity index (χ0n) is 9.96. The minimum absolute atomic E-state index is 0.00174. The average molecular weight is 262 g/mol. The molecule has 0 aliphatic carbocycles. The molecular weight excluding hydrogens is 244 g/mol. The minimum Gasteiger partial charge on any atom is -0.383 e. The second kappa shape index (κ2) is 6.10. The Morgan fingerprint density at radius 3 is 2.82 bits per heavy atom. The van der Waals surface area contributed by atoms with E-state index in [2.05, 4.69) is 9.71 Å². The van der Waals surface area contributed by atoms with Crippen LogP contribution >= 0.6 is 0 Å². The minimum atomic E-state index is -3.60. The summed E-state index contributed by atoms with van der Waals surface area (Å²) in [6.45, 7) is 0.669. The number of ether oxygens (including phenoxy) is 1. The summed E-state index contributed by atoms with van der Waals surface area (Å²) in [6, 6.07) is -0.336. The van der Waals surface area contributed by atoms with Gasteiger partial charge < -0.3 is 15.0 Å². The van der Waals surface area contributed by atoms with Crippen molar-refractivity contribution >= 4 is 10.0 Å². The van der Waals surface area contributed by atoms with Gasteiger partial charge in [0.25, 0.3) is 10.0 Å². The van der Waals surface area contributed by atoms with Gasteiger partial charge in [0.15, 0.2) is 5.03 Å². The second-order valence-electron chi connectivity index (χ2n) is 3.73. The maximum Gasteiger partial charge on any atom is 0.259 e. The number of aromatic nitrogens is 2. The van der Waals surface area contributed by atoms with Crippen LogP contribution in [0.4, 0.5) is 0 Å². The molecule has 1 unspecified atom stereocenters. The van der Waals surface area contributed by atoms with E-state index < -0.39 is 10.0 Å². The molecule has 8 heteroatoms. The number of nitrogens with zero attached hydrogens (tertiary/aromatic N) is 2. The highest BCUT2D eigenvalue weighted by Crippen LogP contribution is 2.06. The van der Waals surface area contributed by atoms with Gasteiger partial charge in [-0.15, -0.1) is 0 Å². The number of sulfonamides is 1. The Bertz CT molecular complexity index is 437. The molecule has 0 amide bonds. The molecule has 7 nitrogen and oxygen atoms in total. The normalized spacial score (nSPS) is 13.8. The van der Waals surface area contributed by atoms with Crippen LogP contribution in [0.1, 0.15) is 6.42 Å². The number of rotatable bonds is 7. The highest BCUT2D eigenvalue weighted by molar-refractivity contribution is 7.89. The van der Waals surface area contributed by atoms with Crippen LogP contribution in [0, 0.1) is 0 Å². The first-order valence-electron chi connectivity index (χ1n) is 5.19. The third kappa shape index (κ3) is 4.08. The molecule has 0 aromatic carbocycles. The lowest BCUT2D eigenvalue weighted by molar-refractivity contribution is 0.172. The monoisotopic (exact) mass is 262 g/mol. The van der Waals surface area contributed by atoms with E-state index >= 15 is 0 Å². The SMILES string of the molecule is COCC(CCN)NS(=O)(=O)c1cn(C)cn1. The van der Waals surface area contributed by atoms with Crippen LogP contribution in [0.2, 0.25) is 0 Å². The second-order valence-corrected chi connectivity index (χ2v) is 5.39. The molecule has 17 heavy (non-hydrogen) atoms. The molecule has 1 atom stereocenters. The van der Waals surface area contributed by atoms with Crippen molar-refractivity contribution in [3.05, 3.63) is 12.5 Å². The maximum atomic E-state index is 11.9. The molecule has 0 aliphatic rings. The Hall–Kier alpha value is -0.960. The summed E-state index contributed by atoms with van der Waals surface area (Å²) in [4.78, 5) is 3.80. The van der Waals surface area contributed by atoms with Crippen LogP contribution in [0.15, 0.2) is 17.6 Å². The molecule has 3 N–H and O–H groups in total. The summed E-state index contributed by atoms with van der Waals surface area (Å²) in [5, 5.41) is -0.00174. The first-order chi connectivity index (χ1) is 7.99. The van der Waals surface area contributed by atoms with Crippen LogP contribution < -0.4 is 10.5 Å². The Morgan fingerprint density at radius 2 is 2.35 bits per heavy atom. The summed E-state index contributed by atoms with van der Waals surface area (Å²) < 4.78 is 32.9. The fourth-order valence-electron chi connectivity index (χ4n) is 1.39. The zero-order valence-corrected chi connectivity index (χ0v) is 10.8. The molecule has 1 aromatic heterocycles. The smallest absolute Gasteiger partial charge is 0.259 e. The number of hydrogen-bond donors (Lipinski definition) is 2. The van der Waals surface area contributed by atoms with E-state index in [-0.39, 0.29) is 17.7 Å². The molecule has 1 aromatic rings. The molecule has 0 radical (unpaired) electrons. The van der Waals surface area contributed by atoms with Crippen LogP contribution in [-0.2, 0) is 21.8 Å². The van der Waals surface area contributed by atoms with Crippen LogP contribution in [0.5, 0.6) is 0 Å². The Labute approximate surface area is 101 Å². The number of hydrogen-bond acceptors (Lipinski definition) is 5. The number of aryl methyl sites for hydroxylation is 1. The predicted octanol–water partition coefficient (Wildman–Crippen LogP) is -0.938. The van der Waals surface area contributed by atoms with E-state index in [4.69, 9.17) is 10.5 Å². The standard InChI is InChI=1S/C9H18N4O3S/c1-13-5-9(11-7-13)17(14,15)12-8(3-4-10)6-16-2/h5,7-8,12H,3-4,6,10H2,1-2H3. The third-order valence-electron chi connectivity index (χ3n) is 2.16. The number of nitrogens with one attached hydrogen (secondary N) is 1. The van der Waals surface area contributed by atoms with Crippen molar-refractivity contribution < 1.29 is 13.2 Å². The van der Waals surface area contributed by atoms with Crippen molar-refractivity contribution in [1.29, 1.82) is 0 Å². The number of methoxy groups -OCH3 is 1. The first-order valence-corrected chi connectivity index (χ1v) is 6.67. The topological polar surface area (TPSA) is 99.2 Å². The van der Waals surface area contributed by atoms with E-state index in [9.17, 15) is 8.42 Å². The van der Waals surface area contributed by atoms with Crippen LogP contribution in [0.3, 0.4) is 0 Å². The van der Waals surface area contributed by atoms with Crippen molar-refractivity contribution in [1.82, 2.24) is 14.3 Å². The van der Waals surface area contributed by atoms with E-state index in [1.54, 1.807) is 11.6 Å². The van der Waals surface area contributed by atoms with Gasteiger partial charge in [0, 0.05) is 26.4 Å². The lowest BCUT2D eigenvalue weighted by Gasteiger charge is -2.15. The van der Waals surface area contributed by atoms with Gasteiger partial charge in [0.1, 0.15) is 0 Å². The summed E-state index contributed by atoms with van der Waals surface area (Å²) in [7, 11) is -0.381. The van der Waals surface area contributed by atoms with Gasteiger partial charge >= 0.3 is 0 Å². The average Bonchev–Trinajstić information content (AvgIpc) is 2.66. The maximum absolute atomic E-state index is 11.9. The quantitative estimate of drug-likeness (QED) is 0.661. The van der Waals surface area contributed by atoms with Crippen LogP contribution in [0.25, 0.3) is 0 Å². The van der Waals surface area contributed by atoms with E-state index in [0.29, 0.717) is 13.0 Å². The van der Waals surface area contributed by atoms with Crippen molar-refractivity contribution in [3.8, 4) is 0 Å². The molecule has 1 heterocycles. The van der Waals surface area contributed by atoms with Gasteiger partial charge in [0.05, 0.1) is 12.9 Å². The molecule has 1 rings (SSSR count). The third-order valence-corrected chi connectivity index (χ3v) is 3.57. The van der Waals surface area contributed by atoms with Gasteiger partial charge in [-0.05, 0) is 13.0 Å². The fraction of sp³-hybridized carbons (Fsp3) is 0.667. The molecule has 98 valence electrons. The molecular formula is C9H18N4O3S. The van der Waals surface area contributed by atoms with Gasteiger partial charge in [0.2, 0.25) is 0 Å². The Morgan fingerprint density at radius 1 is 1.65 bits per heavy atom. The highest BCUT2D eigenvalue weighted by atomic mass is 32.2. The zero-order chi connectivity index (χ0) is 12.9. The van der Waals surface area contributed by atoms with E-state index in [1.165, 1.54) is 19.6 Å². The number of imidazole rings is 1. The Kier molecular flexibility index (Phi) is 5.06. The Balaban J connectivity index is 2.77. The van der Waals surface area contributed by atoms with E-state index in [1.807, 2.05) is 0 Å². The van der Waals surface area contributed by atoms with Gasteiger partial charge in [-0.25, -0.2) is 18.1 Å². The van der Waals surface area contributed by atoms with Crippen molar-refractivity contribution in [2.45, 2.75) is 17.5 Å². The molecule has 0 saturated carbocycles. The first kappa shape index (κ1) is 14.1. The largest absolute Gasteiger partial charge is 0.383 e. The van der Waals surface area contributed by atoms with Crippen LogP contribution in [-0.4, -0.2) is 44.3 Å². The lowest BCUT2D eigenvalue weighted by atomic mass is 10.2.